The van der Waals surface area contributed by atoms with Gasteiger partial charge in [-0.1, -0.05) is 42.5 Å². The highest BCUT2D eigenvalue weighted by molar-refractivity contribution is 5.21. The summed E-state index contributed by atoms with van der Waals surface area (Å²) in [6, 6.07) is 15.8. The maximum Gasteiger partial charge on any atom is 0.123 e. The van der Waals surface area contributed by atoms with Crippen LogP contribution in [-0.2, 0) is 6.42 Å². The second kappa shape index (κ2) is 8.03. The normalized spacial score (nSPS) is 15.3. The SMILES string of the molecule is C[C@@H](O)[C@@H](N)C(NCCc1ccc(F)cc1)c1ccccc1. The molecule has 2 aromatic carbocycles. The molecule has 22 heavy (non-hydrogen) atoms. The van der Waals surface area contributed by atoms with Crippen LogP contribution >= 0.6 is 0 Å². The van der Waals surface area contributed by atoms with Crippen LogP contribution < -0.4 is 11.1 Å². The molecule has 4 N–H and O–H groups in total. The molecule has 2 rings (SSSR count). The third kappa shape index (κ3) is 4.63. The van der Waals surface area contributed by atoms with E-state index in [9.17, 15) is 9.50 Å². The fourth-order valence-corrected chi connectivity index (χ4v) is 2.44. The summed E-state index contributed by atoms with van der Waals surface area (Å²) in [7, 11) is 0. The summed E-state index contributed by atoms with van der Waals surface area (Å²) in [6.07, 6.45) is 0.166. The van der Waals surface area contributed by atoms with E-state index in [0.29, 0.717) is 6.54 Å². The lowest BCUT2D eigenvalue weighted by molar-refractivity contribution is 0.143. The van der Waals surface area contributed by atoms with Crippen LogP contribution in [0, 0.1) is 5.82 Å². The molecule has 0 bridgehead atoms. The third-order valence-electron chi connectivity index (χ3n) is 3.79. The van der Waals surface area contributed by atoms with Crippen LogP contribution in [0.25, 0.3) is 0 Å². The Balaban J connectivity index is 1.99. The van der Waals surface area contributed by atoms with Gasteiger partial charge in [-0.2, -0.15) is 0 Å². The van der Waals surface area contributed by atoms with Crippen molar-refractivity contribution in [1.82, 2.24) is 5.32 Å². The third-order valence-corrected chi connectivity index (χ3v) is 3.79. The number of rotatable bonds is 7. The van der Waals surface area contributed by atoms with Crippen molar-refractivity contribution in [3.8, 4) is 0 Å². The Bertz CT molecular complexity index is 557. The molecular formula is C18H23FN2O. The molecule has 1 unspecified atom stereocenters. The zero-order valence-electron chi connectivity index (χ0n) is 12.7. The van der Waals surface area contributed by atoms with Gasteiger partial charge in [0, 0.05) is 12.1 Å². The van der Waals surface area contributed by atoms with Gasteiger partial charge in [0.2, 0.25) is 0 Å². The molecule has 0 aliphatic heterocycles. The number of benzene rings is 2. The molecule has 0 aliphatic carbocycles. The molecular weight excluding hydrogens is 279 g/mol. The number of aliphatic hydroxyl groups excluding tert-OH is 1. The fourth-order valence-electron chi connectivity index (χ4n) is 2.44. The van der Waals surface area contributed by atoms with Gasteiger partial charge in [0.05, 0.1) is 6.10 Å². The molecule has 0 saturated heterocycles. The van der Waals surface area contributed by atoms with Crippen molar-refractivity contribution in [2.75, 3.05) is 6.54 Å². The molecule has 118 valence electrons. The Kier molecular flexibility index (Phi) is 6.07. The van der Waals surface area contributed by atoms with Crippen molar-refractivity contribution in [2.45, 2.75) is 31.5 Å². The Morgan fingerprint density at radius 1 is 1.09 bits per heavy atom. The smallest absolute Gasteiger partial charge is 0.123 e. The van der Waals surface area contributed by atoms with E-state index >= 15 is 0 Å². The highest BCUT2D eigenvalue weighted by Gasteiger charge is 2.22. The van der Waals surface area contributed by atoms with Crippen molar-refractivity contribution in [1.29, 1.82) is 0 Å². The van der Waals surface area contributed by atoms with E-state index in [1.165, 1.54) is 12.1 Å². The molecule has 0 heterocycles. The van der Waals surface area contributed by atoms with E-state index in [-0.39, 0.29) is 11.9 Å². The lowest BCUT2D eigenvalue weighted by Crippen LogP contribution is -2.45. The van der Waals surface area contributed by atoms with Gasteiger partial charge in [0.25, 0.3) is 0 Å². The first-order chi connectivity index (χ1) is 10.6. The van der Waals surface area contributed by atoms with Crippen LogP contribution in [0.3, 0.4) is 0 Å². The summed E-state index contributed by atoms with van der Waals surface area (Å²) < 4.78 is 12.9. The molecule has 3 atom stereocenters. The molecule has 2 aromatic rings. The van der Waals surface area contributed by atoms with Crippen LogP contribution in [0.1, 0.15) is 24.1 Å². The van der Waals surface area contributed by atoms with Gasteiger partial charge in [-0.25, -0.2) is 4.39 Å². The minimum atomic E-state index is -0.608. The largest absolute Gasteiger partial charge is 0.392 e. The van der Waals surface area contributed by atoms with Gasteiger partial charge in [-0.3, -0.25) is 0 Å². The standard InChI is InChI=1S/C18H23FN2O/c1-13(22)17(20)18(15-5-3-2-4-6-15)21-12-11-14-7-9-16(19)10-8-14/h2-10,13,17-18,21-22H,11-12,20H2,1H3/t13-,17-,18?/m1/s1. The minimum absolute atomic E-state index is 0.123. The average Bonchev–Trinajstić information content (AvgIpc) is 2.53. The second-order valence-electron chi connectivity index (χ2n) is 5.54. The van der Waals surface area contributed by atoms with E-state index in [1.54, 1.807) is 19.1 Å². The first-order valence-electron chi connectivity index (χ1n) is 7.54. The highest BCUT2D eigenvalue weighted by Crippen LogP contribution is 2.18. The van der Waals surface area contributed by atoms with Crippen molar-refractivity contribution < 1.29 is 9.50 Å². The van der Waals surface area contributed by atoms with Gasteiger partial charge in [0.1, 0.15) is 5.82 Å². The first kappa shape index (κ1) is 16.6. The predicted molar refractivity (Wildman–Crippen MR) is 86.9 cm³/mol. The maximum atomic E-state index is 12.9. The number of halogens is 1. The van der Waals surface area contributed by atoms with Gasteiger partial charge < -0.3 is 16.2 Å². The number of hydrogen-bond donors (Lipinski definition) is 3. The van der Waals surface area contributed by atoms with E-state index in [2.05, 4.69) is 5.32 Å². The zero-order valence-corrected chi connectivity index (χ0v) is 12.7. The molecule has 0 aromatic heterocycles. The monoisotopic (exact) mass is 302 g/mol. The summed E-state index contributed by atoms with van der Waals surface area (Å²) in [6.45, 7) is 2.40. The number of aliphatic hydroxyl groups is 1. The summed E-state index contributed by atoms with van der Waals surface area (Å²) >= 11 is 0. The number of hydrogen-bond acceptors (Lipinski definition) is 3. The molecule has 0 fully saturated rings. The van der Waals surface area contributed by atoms with Crippen LogP contribution in [-0.4, -0.2) is 23.8 Å². The van der Waals surface area contributed by atoms with Crippen molar-refractivity contribution >= 4 is 0 Å². The van der Waals surface area contributed by atoms with Gasteiger partial charge >= 0.3 is 0 Å². The fraction of sp³-hybridized carbons (Fsp3) is 0.333. The minimum Gasteiger partial charge on any atom is -0.392 e. The Morgan fingerprint density at radius 3 is 2.32 bits per heavy atom. The molecule has 0 saturated carbocycles. The maximum absolute atomic E-state index is 12.9. The Hall–Kier alpha value is -1.75. The molecule has 0 radical (unpaired) electrons. The average molecular weight is 302 g/mol. The number of nitrogens with one attached hydrogen (secondary N) is 1. The Labute approximate surface area is 131 Å². The van der Waals surface area contributed by atoms with Gasteiger partial charge in [-0.05, 0) is 43.1 Å². The van der Waals surface area contributed by atoms with Crippen LogP contribution in [0.5, 0.6) is 0 Å². The zero-order chi connectivity index (χ0) is 15.9. The van der Waals surface area contributed by atoms with Gasteiger partial charge in [0.15, 0.2) is 0 Å². The van der Waals surface area contributed by atoms with Crippen LogP contribution in [0.15, 0.2) is 54.6 Å². The molecule has 4 heteroatoms. The van der Waals surface area contributed by atoms with Gasteiger partial charge in [-0.15, -0.1) is 0 Å². The van der Waals surface area contributed by atoms with E-state index < -0.39 is 12.1 Å². The highest BCUT2D eigenvalue weighted by atomic mass is 19.1. The lowest BCUT2D eigenvalue weighted by atomic mass is 9.96. The molecule has 0 amide bonds. The Morgan fingerprint density at radius 2 is 1.73 bits per heavy atom. The van der Waals surface area contributed by atoms with Crippen LogP contribution in [0.2, 0.25) is 0 Å². The molecule has 3 nitrogen and oxygen atoms in total. The lowest BCUT2D eigenvalue weighted by Gasteiger charge is -2.27. The van der Waals surface area contributed by atoms with Crippen molar-refractivity contribution in [2.24, 2.45) is 5.73 Å². The predicted octanol–water partition coefficient (Wildman–Crippen LogP) is 2.41. The van der Waals surface area contributed by atoms with E-state index in [0.717, 1.165) is 17.5 Å². The topological polar surface area (TPSA) is 58.3 Å². The molecule has 0 spiro atoms. The first-order valence-corrected chi connectivity index (χ1v) is 7.54. The second-order valence-corrected chi connectivity index (χ2v) is 5.54. The number of nitrogens with two attached hydrogens (primary N) is 1. The quantitative estimate of drug-likeness (QED) is 0.736. The van der Waals surface area contributed by atoms with Crippen molar-refractivity contribution in [3.05, 3.63) is 71.5 Å². The molecule has 0 aliphatic rings. The van der Waals surface area contributed by atoms with E-state index in [1.807, 2.05) is 30.3 Å². The summed E-state index contributed by atoms with van der Waals surface area (Å²) in [5.74, 6) is -0.227. The summed E-state index contributed by atoms with van der Waals surface area (Å²) in [5, 5.41) is 13.2. The summed E-state index contributed by atoms with van der Waals surface area (Å²) in [5.41, 5.74) is 8.24. The summed E-state index contributed by atoms with van der Waals surface area (Å²) in [4.78, 5) is 0. The van der Waals surface area contributed by atoms with Crippen molar-refractivity contribution in [3.63, 3.8) is 0 Å². The van der Waals surface area contributed by atoms with E-state index in [4.69, 9.17) is 5.73 Å². The van der Waals surface area contributed by atoms with Crippen LogP contribution in [0.4, 0.5) is 4.39 Å².